The third kappa shape index (κ3) is 4.51. The highest BCUT2D eigenvalue weighted by Crippen LogP contribution is 2.31. The van der Waals surface area contributed by atoms with Crippen molar-refractivity contribution in [2.45, 2.75) is 25.4 Å². The van der Waals surface area contributed by atoms with E-state index in [-0.39, 0.29) is 41.8 Å². The second kappa shape index (κ2) is 9.64. The number of rotatable bonds is 4. The Bertz CT molecular complexity index is 1100. The summed E-state index contributed by atoms with van der Waals surface area (Å²) in [6, 6.07) is 11.3. The zero-order valence-electron chi connectivity index (χ0n) is 16.7. The molecule has 2 aliphatic rings. The minimum atomic E-state index is -0.334. The SMILES string of the molecule is Cl.Cl.O=C(NCc1ccc(-n2cncn2)cc1)c1ccc2n(c1=O)C[C@@H]1CNC[C@H]2C1. The lowest BCUT2D eigenvalue weighted by Crippen LogP contribution is -2.46. The lowest BCUT2D eigenvalue weighted by atomic mass is 9.84. The Kier molecular flexibility index (Phi) is 7.15. The number of amides is 1. The van der Waals surface area contributed by atoms with Gasteiger partial charge >= 0.3 is 0 Å². The number of carbonyl (C=O) groups excluding carboxylic acids is 1. The Morgan fingerprint density at radius 3 is 2.68 bits per heavy atom. The predicted molar refractivity (Wildman–Crippen MR) is 121 cm³/mol. The molecule has 8 nitrogen and oxygen atoms in total. The molecule has 164 valence electrons. The van der Waals surface area contributed by atoms with Crippen LogP contribution < -0.4 is 16.2 Å². The van der Waals surface area contributed by atoms with Gasteiger partial charge in [-0.2, -0.15) is 5.10 Å². The van der Waals surface area contributed by atoms with E-state index in [0.29, 0.717) is 24.9 Å². The van der Waals surface area contributed by atoms with Crippen LogP contribution in [0.4, 0.5) is 0 Å². The normalized spacial score (nSPS) is 18.8. The van der Waals surface area contributed by atoms with Crippen LogP contribution >= 0.6 is 24.8 Å². The fourth-order valence-corrected chi connectivity index (χ4v) is 4.35. The molecule has 0 aliphatic carbocycles. The quantitative estimate of drug-likeness (QED) is 0.617. The molecule has 2 aromatic heterocycles. The summed E-state index contributed by atoms with van der Waals surface area (Å²) >= 11 is 0. The first-order chi connectivity index (χ1) is 14.2. The molecule has 1 fully saturated rings. The molecule has 0 unspecified atom stereocenters. The highest BCUT2D eigenvalue weighted by atomic mass is 35.5. The molecule has 10 heteroatoms. The Balaban J connectivity index is 0.00000136. The van der Waals surface area contributed by atoms with Crippen molar-refractivity contribution in [3.63, 3.8) is 0 Å². The van der Waals surface area contributed by atoms with Gasteiger partial charge in [-0.25, -0.2) is 9.67 Å². The van der Waals surface area contributed by atoms with E-state index in [1.807, 2.05) is 34.9 Å². The topological polar surface area (TPSA) is 93.8 Å². The van der Waals surface area contributed by atoms with Crippen LogP contribution in [-0.2, 0) is 13.1 Å². The standard InChI is InChI=1S/C21H22N6O2.2ClH/c28-20(24-9-14-1-3-17(4-2-14)27-13-23-12-25-27)18-5-6-19-16-7-15(8-22-10-16)11-26(19)21(18)29;;/h1-6,12-13,15-16,22H,7-11H2,(H,24,28);2*1H/t15-,16+;;/m0../s1. The minimum Gasteiger partial charge on any atom is -0.348 e. The molecule has 2 N–H and O–H groups in total. The van der Waals surface area contributed by atoms with E-state index in [0.717, 1.165) is 36.5 Å². The smallest absolute Gasteiger partial charge is 0.263 e. The summed E-state index contributed by atoms with van der Waals surface area (Å²) in [4.78, 5) is 29.5. The van der Waals surface area contributed by atoms with Crippen LogP contribution in [0.5, 0.6) is 0 Å². The molecule has 1 aromatic carbocycles. The van der Waals surface area contributed by atoms with Gasteiger partial charge in [0, 0.05) is 31.2 Å². The molecule has 3 aromatic rings. The van der Waals surface area contributed by atoms with Gasteiger partial charge in [-0.1, -0.05) is 12.1 Å². The molecule has 2 atom stereocenters. The fourth-order valence-electron chi connectivity index (χ4n) is 4.35. The van der Waals surface area contributed by atoms with Crippen molar-refractivity contribution in [2.24, 2.45) is 5.92 Å². The van der Waals surface area contributed by atoms with Crippen LogP contribution in [0, 0.1) is 5.92 Å². The molecule has 1 amide bonds. The number of halogens is 2. The van der Waals surface area contributed by atoms with E-state index >= 15 is 0 Å². The predicted octanol–water partition coefficient (Wildman–Crippen LogP) is 1.91. The zero-order chi connectivity index (χ0) is 19.8. The summed E-state index contributed by atoms with van der Waals surface area (Å²) in [7, 11) is 0. The Labute approximate surface area is 191 Å². The largest absolute Gasteiger partial charge is 0.348 e. The van der Waals surface area contributed by atoms with Gasteiger partial charge in [0.2, 0.25) is 0 Å². The lowest BCUT2D eigenvalue weighted by molar-refractivity contribution is 0.0948. The number of hydrogen-bond acceptors (Lipinski definition) is 5. The van der Waals surface area contributed by atoms with Crippen LogP contribution in [0.3, 0.4) is 0 Å². The Morgan fingerprint density at radius 1 is 1.13 bits per heavy atom. The van der Waals surface area contributed by atoms with Crippen molar-refractivity contribution < 1.29 is 4.79 Å². The van der Waals surface area contributed by atoms with Crippen molar-refractivity contribution in [2.75, 3.05) is 13.1 Å². The molecule has 1 saturated heterocycles. The second-order valence-corrected chi connectivity index (χ2v) is 7.73. The lowest BCUT2D eigenvalue weighted by Gasteiger charge is -2.37. The van der Waals surface area contributed by atoms with Gasteiger partial charge in [-0.3, -0.25) is 9.59 Å². The Morgan fingerprint density at radius 2 is 1.94 bits per heavy atom. The van der Waals surface area contributed by atoms with Crippen molar-refractivity contribution in [3.05, 3.63) is 76.2 Å². The van der Waals surface area contributed by atoms with Gasteiger partial charge in [0.25, 0.3) is 11.5 Å². The van der Waals surface area contributed by atoms with Crippen LogP contribution in [0.1, 0.15) is 34.0 Å². The Hall–Kier alpha value is -2.68. The maximum atomic E-state index is 12.9. The second-order valence-electron chi connectivity index (χ2n) is 7.73. The minimum absolute atomic E-state index is 0. The first-order valence-corrected chi connectivity index (χ1v) is 9.85. The monoisotopic (exact) mass is 462 g/mol. The number of aromatic nitrogens is 4. The van der Waals surface area contributed by atoms with Crippen molar-refractivity contribution in [3.8, 4) is 5.69 Å². The van der Waals surface area contributed by atoms with Crippen LogP contribution in [0.15, 0.2) is 53.8 Å². The maximum absolute atomic E-state index is 12.9. The average molecular weight is 463 g/mol. The van der Waals surface area contributed by atoms with Gasteiger partial charge in [-0.05, 0) is 48.7 Å². The molecule has 0 spiro atoms. The van der Waals surface area contributed by atoms with E-state index in [1.54, 1.807) is 17.1 Å². The highest BCUT2D eigenvalue weighted by molar-refractivity contribution is 5.93. The number of nitrogens with one attached hydrogen (secondary N) is 2. The number of benzene rings is 1. The van der Waals surface area contributed by atoms with Crippen molar-refractivity contribution in [1.29, 1.82) is 0 Å². The average Bonchev–Trinajstić information content (AvgIpc) is 3.28. The van der Waals surface area contributed by atoms with E-state index in [1.165, 1.54) is 6.33 Å². The molecule has 31 heavy (non-hydrogen) atoms. The highest BCUT2D eigenvalue weighted by Gasteiger charge is 2.31. The number of nitrogens with zero attached hydrogens (tertiary/aromatic N) is 4. The number of pyridine rings is 1. The first kappa shape index (κ1) is 23.0. The molecule has 4 heterocycles. The summed E-state index contributed by atoms with van der Waals surface area (Å²) in [6.45, 7) is 2.87. The van der Waals surface area contributed by atoms with E-state index in [2.05, 4.69) is 20.7 Å². The summed E-state index contributed by atoms with van der Waals surface area (Å²) in [5.41, 5.74) is 2.91. The molecule has 2 bridgehead atoms. The van der Waals surface area contributed by atoms with Gasteiger partial charge in [0.1, 0.15) is 18.2 Å². The number of piperidine rings is 1. The molecule has 0 saturated carbocycles. The van der Waals surface area contributed by atoms with Crippen LogP contribution in [0.2, 0.25) is 0 Å². The van der Waals surface area contributed by atoms with E-state index in [4.69, 9.17) is 0 Å². The molecule has 5 rings (SSSR count). The van der Waals surface area contributed by atoms with Gasteiger partial charge in [-0.15, -0.1) is 24.8 Å². The van der Waals surface area contributed by atoms with Crippen molar-refractivity contribution in [1.82, 2.24) is 30.0 Å². The number of fused-ring (bicyclic) bond motifs is 4. The summed E-state index contributed by atoms with van der Waals surface area (Å²) in [6.07, 6.45) is 4.22. The number of hydrogen-bond donors (Lipinski definition) is 2. The van der Waals surface area contributed by atoms with Gasteiger partial charge < -0.3 is 15.2 Å². The summed E-state index contributed by atoms with van der Waals surface area (Å²) in [5, 5.41) is 10.4. The summed E-state index contributed by atoms with van der Waals surface area (Å²) in [5.74, 6) is 0.482. The fraction of sp³-hybridized carbons (Fsp3) is 0.333. The van der Waals surface area contributed by atoms with Crippen LogP contribution in [-0.4, -0.2) is 38.3 Å². The third-order valence-corrected chi connectivity index (χ3v) is 5.83. The number of carbonyl (C=O) groups is 1. The molecule has 2 aliphatic heterocycles. The van der Waals surface area contributed by atoms with Crippen LogP contribution in [0.25, 0.3) is 5.69 Å². The van der Waals surface area contributed by atoms with Gasteiger partial charge in [0.15, 0.2) is 0 Å². The maximum Gasteiger partial charge on any atom is 0.263 e. The third-order valence-electron chi connectivity index (χ3n) is 5.83. The molecular formula is C21H24Cl2N6O2. The summed E-state index contributed by atoms with van der Waals surface area (Å²) < 4.78 is 3.47. The molecular weight excluding hydrogens is 439 g/mol. The zero-order valence-corrected chi connectivity index (χ0v) is 18.4. The van der Waals surface area contributed by atoms with Gasteiger partial charge in [0.05, 0.1) is 5.69 Å². The molecule has 0 radical (unpaired) electrons. The first-order valence-electron chi connectivity index (χ1n) is 9.85. The van der Waals surface area contributed by atoms with Crippen molar-refractivity contribution >= 4 is 30.7 Å². The van der Waals surface area contributed by atoms with E-state index < -0.39 is 0 Å². The van der Waals surface area contributed by atoms with E-state index in [9.17, 15) is 9.59 Å².